The highest BCUT2D eigenvalue weighted by molar-refractivity contribution is 7.14. The fourth-order valence-electron chi connectivity index (χ4n) is 1.77. The minimum Gasteiger partial charge on any atom is -0.294 e. The van der Waals surface area contributed by atoms with E-state index in [1.807, 2.05) is 37.3 Å². The van der Waals surface area contributed by atoms with Crippen molar-refractivity contribution in [3.05, 3.63) is 43.8 Å². The zero-order chi connectivity index (χ0) is 18.0. The molecule has 0 N–H and O–H groups in total. The highest BCUT2D eigenvalue weighted by Crippen LogP contribution is 2.26. The molecule has 0 saturated carbocycles. The quantitative estimate of drug-likeness (QED) is 0.516. The Bertz CT molecular complexity index is 564. The van der Waals surface area contributed by atoms with Gasteiger partial charge in [0.25, 0.3) is 0 Å². The third kappa shape index (κ3) is 7.94. The third-order valence-corrected chi connectivity index (χ3v) is 6.12. The maximum atomic E-state index is 10.9. The average Bonchev–Trinajstić information content (AvgIpc) is 3.18. The van der Waals surface area contributed by atoms with Gasteiger partial charge < -0.3 is 0 Å². The van der Waals surface area contributed by atoms with Gasteiger partial charge in [0.15, 0.2) is 5.78 Å². The summed E-state index contributed by atoms with van der Waals surface area (Å²) in [6.07, 6.45) is 1.25. The van der Waals surface area contributed by atoms with Gasteiger partial charge in [-0.15, -0.1) is 22.7 Å². The Kier molecular flexibility index (Phi) is 11.1. The lowest BCUT2D eigenvalue weighted by molar-refractivity contribution is 0.102. The zero-order valence-corrected chi connectivity index (χ0v) is 17.5. The van der Waals surface area contributed by atoms with Crippen molar-refractivity contribution < 1.29 is 4.79 Å². The molecule has 0 spiro atoms. The number of aryl methyl sites for hydroxylation is 1. The van der Waals surface area contributed by atoms with E-state index < -0.39 is 0 Å². The molecule has 0 aliphatic carbocycles. The predicted molar refractivity (Wildman–Crippen MR) is 108 cm³/mol. The van der Waals surface area contributed by atoms with Gasteiger partial charge in [-0.3, -0.25) is 4.79 Å². The minimum atomic E-state index is 0.168. The molecule has 0 saturated heterocycles. The molecule has 0 fully saturated rings. The number of rotatable bonds is 4. The monoisotopic (exact) mass is 352 g/mol. The number of carbonyl (C=O) groups excluding carboxylic acids is 1. The fraction of sp³-hybridized carbons (Fsp3) is 0.550. The highest BCUT2D eigenvalue weighted by Gasteiger charge is 2.06. The number of hydrogen-bond acceptors (Lipinski definition) is 3. The van der Waals surface area contributed by atoms with Crippen LogP contribution in [0.2, 0.25) is 0 Å². The van der Waals surface area contributed by atoms with Crippen LogP contribution in [-0.4, -0.2) is 5.78 Å². The fourth-order valence-corrected chi connectivity index (χ4v) is 3.69. The van der Waals surface area contributed by atoms with Gasteiger partial charge in [-0.05, 0) is 56.4 Å². The van der Waals surface area contributed by atoms with Crippen LogP contribution in [0.3, 0.4) is 0 Å². The van der Waals surface area contributed by atoms with E-state index in [0.29, 0.717) is 5.92 Å². The molecule has 0 aromatic carbocycles. The van der Waals surface area contributed by atoms with E-state index in [1.54, 1.807) is 18.3 Å². The van der Waals surface area contributed by atoms with E-state index in [4.69, 9.17) is 0 Å². The molecule has 1 nitrogen and oxygen atoms in total. The standard InChI is InChI=1S/C9H12OS.C9H14S.C2H6/c1-6(2)8-4-5-9(11-8)7(3)10;1-4-7(2)9-6-5-8(3)10-9;1-2/h4-6H,1-3H3;5-7H,4H2,1-3H3;1-2H3. The van der Waals surface area contributed by atoms with Crippen LogP contribution in [0.5, 0.6) is 0 Å². The van der Waals surface area contributed by atoms with Crippen LogP contribution in [0.15, 0.2) is 24.3 Å². The molecule has 0 aliphatic heterocycles. The van der Waals surface area contributed by atoms with E-state index >= 15 is 0 Å². The summed E-state index contributed by atoms with van der Waals surface area (Å²) >= 11 is 3.52. The Labute approximate surface area is 150 Å². The summed E-state index contributed by atoms with van der Waals surface area (Å²) < 4.78 is 0. The Morgan fingerprint density at radius 1 is 1.00 bits per heavy atom. The summed E-state index contributed by atoms with van der Waals surface area (Å²) in [7, 11) is 0. The number of carbonyl (C=O) groups is 1. The van der Waals surface area contributed by atoms with Crippen LogP contribution in [0.1, 0.15) is 91.0 Å². The molecule has 2 aromatic rings. The molecule has 0 radical (unpaired) electrons. The van der Waals surface area contributed by atoms with Gasteiger partial charge in [-0.25, -0.2) is 0 Å². The van der Waals surface area contributed by atoms with Crippen molar-refractivity contribution in [1.82, 2.24) is 0 Å². The van der Waals surface area contributed by atoms with Gasteiger partial charge in [0.1, 0.15) is 0 Å². The molecular weight excluding hydrogens is 320 g/mol. The molecule has 23 heavy (non-hydrogen) atoms. The van der Waals surface area contributed by atoms with Crippen molar-refractivity contribution in [3.63, 3.8) is 0 Å². The first-order chi connectivity index (χ1) is 10.8. The third-order valence-electron chi connectivity index (χ3n) is 3.40. The van der Waals surface area contributed by atoms with Crippen molar-refractivity contribution in [2.45, 2.75) is 73.6 Å². The van der Waals surface area contributed by atoms with Crippen LogP contribution >= 0.6 is 22.7 Å². The molecule has 0 aliphatic rings. The maximum Gasteiger partial charge on any atom is 0.169 e. The summed E-state index contributed by atoms with van der Waals surface area (Å²) in [4.78, 5) is 16.0. The lowest BCUT2D eigenvalue weighted by Gasteiger charge is -2.02. The molecule has 1 unspecified atom stereocenters. The number of Topliss-reactive ketones (excluding diaryl/α,β-unsaturated/α-hetero) is 1. The predicted octanol–water partition coefficient (Wildman–Crippen LogP) is 7.67. The molecule has 3 heteroatoms. The van der Waals surface area contributed by atoms with Crippen LogP contribution in [-0.2, 0) is 0 Å². The van der Waals surface area contributed by atoms with Crippen molar-refractivity contribution in [2.75, 3.05) is 0 Å². The molecule has 130 valence electrons. The van der Waals surface area contributed by atoms with Crippen molar-refractivity contribution in [1.29, 1.82) is 0 Å². The lowest BCUT2D eigenvalue weighted by atomic mass is 10.1. The Balaban J connectivity index is 0.000000381. The van der Waals surface area contributed by atoms with Crippen LogP contribution < -0.4 is 0 Å². The van der Waals surface area contributed by atoms with E-state index in [2.05, 4.69) is 46.8 Å². The number of thiophene rings is 2. The molecule has 0 bridgehead atoms. The summed E-state index contributed by atoms with van der Waals surface area (Å²) in [5.74, 6) is 1.45. The SMILES string of the molecule is CC.CC(=O)c1ccc(C(C)C)s1.CCC(C)c1ccc(C)s1. The van der Waals surface area contributed by atoms with Gasteiger partial charge in [-0.1, -0.05) is 41.5 Å². The zero-order valence-electron chi connectivity index (χ0n) is 15.9. The summed E-state index contributed by atoms with van der Waals surface area (Å²) in [5.41, 5.74) is 0. The lowest BCUT2D eigenvalue weighted by Crippen LogP contribution is -1.84. The van der Waals surface area contributed by atoms with Gasteiger partial charge >= 0.3 is 0 Å². The average molecular weight is 353 g/mol. The molecule has 2 rings (SSSR count). The van der Waals surface area contributed by atoms with Crippen molar-refractivity contribution in [3.8, 4) is 0 Å². The number of ketones is 1. The van der Waals surface area contributed by atoms with E-state index in [-0.39, 0.29) is 5.78 Å². The summed E-state index contributed by atoms with van der Waals surface area (Å²) in [6, 6.07) is 8.38. The molecule has 1 atom stereocenters. The van der Waals surface area contributed by atoms with Gasteiger partial charge in [-0.2, -0.15) is 0 Å². The second kappa shape index (κ2) is 11.6. The van der Waals surface area contributed by atoms with Gasteiger partial charge in [0.2, 0.25) is 0 Å². The topological polar surface area (TPSA) is 17.1 Å². The van der Waals surface area contributed by atoms with Gasteiger partial charge in [0, 0.05) is 14.6 Å². The molecular formula is C20H32OS2. The smallest absolute Gasteiger partial charge is 0.169 e. The normalized spacial score (nSPS) is 11.2. The van der Waals surface area contributed by atoms with E-state index in [0.717, 1.165) is 10.8 Å². The first-order valence-electron chi connectivity index (χ1n) is 8.52. The van der Waals surface area contributed by atoms with E-state index in [1.165, 1.54) is 21.1 Å². The summed E-state index contributed by atoms with van der Waals surface area (Å²) in [6.45, 7) is 16.6. The Morgan fingerprint density at radius 3 is 1.87 bits per heavy atom. The van der Waals surface area contributed by atoms with Crippen molar-refractivity contribution >= 4 is 28.5 Å². The van der Waals surface area contributed by atoms with Crippen LogP contribution in [0, 0.1) is 6.92 Å². The first-order valence-corrected chi connectivity index (χ1v) is 10.1. The first kappa shape index (κ1) is 22.1. The molecule has 2 heterocycles. The number of hydrogen-bond donors (Lipinski definition) is 0. The van der Waals surface area contributed by atoms with E-state index in [9.17, 15) is 4.79 Å². The molecule has 0 amide bonds. The van der Waals surface area contributed by atoms with Crippen LogP contribution in [0.25, 0.3) is 0 Å². The largest absolute Gasteiger partial charge is 0.294 e. The second-order valence-corrected chi connectivity index (χ2v) is 8.11. The highest BCUT2D eigenvalue weighted by atomic mass is 32.1. The Morgan fingerprint density at radius 2 is 1.57 bits per heavy atom. The maximum absolute atomic E-state index is 10.9. The molecule has 2 aromatic heterocycles. The van der Waals surface area contributed by atoms with Crippen LogP contribution in [0.4, 0.5) is 0 Å². The minimum absolute atomic E-state index is 0.168. The Hall–Kier alpha value is -0.930. The summed E-state index contributed by atoms with van der Waals surface area (Å²) in [5, 5.41) is 0. The second-order valence-electron chi connectivity index (χ2n) is 5.67. The van der Waals surface area contributed by atoms with Crippen molar-refractivity contribution in [2.24, 2.45) is 0 Å². The van der Waals surface area contributed by atoms with Gasteiger partial charge in [0.05, 0.1) is 4.88 Å².